The van der Waals surface area contributed by atoms with Gasteiger partial charge in [0.15, 0.2) is 35.2 Å². The van der Waals surface area contributed by atoms with Gasteiger partial charge in [-0.2, -0.15) is 0 Å². The lowest BCUT2D eigenvalue weighted by molar-refractivity contribution is -0.104. The summed E-state index contributed by atoms with van der Waals surface area (Å²) in [5.74, 6) is 0.431. The summed E-state index contributed by atoms with van der Waals surface area (Å²) in [4.78, 5) is 10.4. The molecule has 1 heterocycles. The molecule has 0 radical (unpaired) electrons. The fraction of sp³-hybridized carbons (Fsp3) is 0.167. The molecule has 0 amide bonds. The first kappa shape index (κ1) is 15.9. The minimum Gasteiger partial charge on any atom is -0.504 e. The van der Waals surface area contributed by atoms with Crippen molar-refractivity contribution in [1.29, 1.82) is 0 Å². The molecule has 24 heavy (non-hydrogen) atoms. The molecule has 2 aromatic carbocycles. The lowest BCUT2D eigenvalue weighted by Crippen LogP contribution is -2.36. The Morgan fingerprint density at radius 3 is 2.54 bits per heavy atom. The highest BCUT2D eigenvalue weighted by atomic mass is 16.6. The highest BCUT2D eigenvalue weighted by Crippen LogP contribution is 2.41. The van der Waals surface area contributed by atoms with Crippen molar-refractivity contribution in [2.45, 2.75) is 12.2 Å². The molecule has 1 unspecified atom stereocenters. The molecule has 0 aromatic heterocycles. The van der Waals surface area contributed by atoms with Crippen LogP contribution in [0.1, 0.15) is 17.2 Å². The number of allylic oxidation sites excluding steroid dienone is 1. The Kier molecular flexibility index (Phi) is 4.39. The number of aliphatic hydroxyl groups is 1. The Morgan fingerprint density at radius 1 is 1.00 bits per heavy atom. The molecule has 3 rings (SSSR count). The second-order valence-corrected chi connectivity index (χ2v) is 5.33. The maximum Gasteiger partial charge on any atom is 0.163 e. The van der Waals surface area contributed by atoms with Crippen molar-refractivity contribution in [2.75, 3.05) is 6.61 Å². The third kappa shape index (κ3) is 3.04. The quantitative estimate of drug-likeness (QED) is 0.452. The van der Waals surface area contributed by atoms with Crippen molar-refractivity contribution in [3.05, 3.63) is 53.6 Å². The summed E-state index contributed by atoms with van der Waals surface area (Å²) in [6.45, 7) is -0.279. The topological polar surface area (TPSA) is 96.2 Å². The van der Waals surface area contributed by atoms with Crippen LogP contribution in [0.4, 0.5) is 0 Å². The third-order valence-electron chi connectivity index (χ3n) is 3.71. The number of phenolic OH excluding ortho intramolecular Hbond substituents is 2. The van der Waals surface area contributed by atoms with E-state index in [9.17, 15) is 20.1 Å². The molecule has 124 valence electrons. The highest BCUT2D eigenvalue weighted by molar-refractivity contribution is 5.74. The molecular weight excluding hydrogens is 312 g/mol. The molecule has 2 aromatic rings. The Bertz CT molecular complexity index is 783. The van der Waals surface area contributed by atoms with Crippen LogP contribution in [0.3, 0.4) is 0 Å². The van der Waals surface area contributed by atoms with Crippen molar-refractivity contribution >= 4 is 12.4 Å². The SMILES string of the molecule is O=C/C=C/c1ccc2c(c1)O[C@H](c1ccc(O)c(O)c1)C(CO)O2. The number of carbonyl (C=O) groups is 1. The van der Waals surface area contributed by atoms with E-state index in [2.05, 4.69) is 0 Å². The zero-order chi connectivity index (χ0) is 17.1. The molecule has 3 N–H and O–H groups in total. The van der Waals surface area contributed by atoms with Crippen molar-refractivity contribution in [2.24, 2.45) is 0 Å². The number of aliphatic hydroxyl groups excluding tert-OH is 1. The van der Waals surface area contributed by atoms with Crippen molar-refractivity contribution in [1.82, 2.24) is 0 Å². The summed E-state index contributed by atoms with van der Waals surface area (Å²) >= 11 is 0. The van der Waals surface area contributed by atoms with E-state index in [1.165, 1.54) is 18.2 Å². The number of phenols is 2. The van der Waals surface area contributed by atoms with E-state index in [0.717, 1.165) is 5.56 Å². The fourth-order valence-corrected chi connectivity index (χ4v) is 2.54. The number of aromatic hydroxyl groups is 2. The fourth-order valence-electron chi connectivity index (χ4n) is 2.54. The minimum absolute atomic E-state index is 0.238. The molecule has 1 aliphatic heterocycles. The van der Waals surface area contributed by atoms with Crippen LogP contribution in [0.5, 0.6) is 23.0 Å². The van der Waals surface area contributed by atoms with Gasteiger partial charge in [0.05, 0.1) is 6.61 Å². The average molecular weight is 328 g/mol. The number of hydrogen-bond acceptors (Lipinski definition) is 6. The van der Waals surface area contributed by atoms with Crippen LogP contribution in [0.15, 0.2) is 42.5 Å². The zero-order valence-electron chi connectivity index (χ0n) is 12.6. The van der Waals surface area contributed by atoms with Gasteiger partial charge in [-0.15, -0.1) is 0 Å². The predicted octanol–water partition coefficient (Wildman–Crippen LogP) is 2.18. The maximum atomic E-state index is 10.4. The van der Waals surface area contributed by atoms with E-state index >= 15 is 0 Å². The van der Waals surface area contributed by atoms with E-state index in [-0.39, 0.29) is 18.1 Å². The van der Waals surface area contributed by atoms with Crippen LogP contribution in [0, 0.1) is 0 Å². The first-order chi connectivity index (χ1) is 11.6. The smallest absolute Gasteiger partial charge is 0.163 e. The number of aldehydes is 1. The molecule has 6 nitrogen and oxygen atoms in total. The number of fused-ring (bicyclic) bond motifs is 1. The normalized spacial score (nSPS) is 19.4. The summed E-state index contributed by atoms with van der Waals surface area (Å²) in [6.07, 6.45) is 2.38. The Hall–Kier alpha value is -2.99. The van der Waals surface area contributed by atoms with Gasteiger partial charge in [-0.25, -0.2) is 0 Å². The first-order valence-electron chi connectivity index (χ1n) is 7.34. The lowest BCUT2D eigenvalue weighted by Gasteiger charge is -2.33. The van der Waals surface area contributed by atoms with Gasteiger partial charge in [0.1, 0.15) is 6.29 Å². The van der Waals surface area contributed by atoms with Crippen LogP contribution in [0.2, 0.25) is 0 Å². The van der Waals surface area contributed by atoms with Gasteiger partial charge < -0.3 is 24.8 Å². The minimum atomic E-state index is -0.655. The Labute approximate surface area is 138 Å². The van der Waals surface area contributed by atoms with Crippen LogP contribution in [0.25, 0.3) is 6.08 Å². The van der Waals surface area contributed by atoms with E-state index in [1.807, 2.05) is 0 Å². The number of carbonyl (C=O) groups excluding carboxylic acids is 1. The number of rotatable bonds is 4. The summed E-state index contributed by atoms with van der Waals surface area (Å²) in [7, 11) is 0. The molecular formula is C18H16O6. The molecule has 0 saturated heterocycles. The summed E-state index contributed by atoms with van der Waals surface area (Å²) in [6, 6.07) is 9.49. The molecule has 0 aliphatic carbocycles. The van der Waals surface area contributed by atoms with E-state index in [1.54, 1.807) is 30.3 Å². The van der Waals surface area contributed by atoms with Gasteiger partial charge in [0.25, 0.3) is 0 Å². The van der Waals surface area contributed by atoms with E-state index < -0.39 is 12.2 Å². The van der Waals surface area contributed by atoms with Crippen LogP contribution in [-0.2, 0) is 4.79 Å². The highest BCUT2D eigenvalue weighted by Gasteiger charge is 2.33. The van der Waals surface area contributed by atoms with Gasteiger partial charge in [0, 0.05) is 5.56 Å². The molecule has 0 saturated carbocycles. The van der Waals surface area contributed by atoms with Gasteiger partial charge in [-0.3, -0.25) is 4.79 Å². The van der Waals surface area contributed by atoms with Crippen molar-refractivity contribution in [3.63, 3.8) is 0 Å². The zero-order valence-corrected chi connectivity index (χ0v) is 12.6. The monoisotopic (exact) mass is 328 g/mol. The third-order valence-corrected chi connectivity index (χ3v) is 3.71. The Morgan fingerprint density at radius 2 is 1.83 bits per heavy atom. The second kappa shape index (κ2) is 6.64. The standard InChI is InChI=1S/C18H16O6/c19-7-1-2-11-3-6-15-16(8-11)24-18(17(10-20)23-15)12-4-5-13(21)14(22)9-12/h1-9,17-18,20-22H,10H2/b2-1+/t17?,18-/m1/s1. The predicted molar refractivity (Wildman–Crippen MR) is 86.2 cm³/mol. The van der Waals surface area contributed by atoms with Crippen molar-refractivity contribution in [3.8, 4) is 23.0 Å². The summed E-state index contributed by atoms with van der Waals surface area (Å²) < 4.78 is 11.7. The first-order valence-corrected chi connectivity index (χ1v) is 7.34. The molecule has 6 heteroatoms. The van der Waals surface area contributed by atoms with Crippen LogP contribution in [-0.4, -0.2) is 34.3 Å². The van der Waals surface area contributed by atoms with Crippen molar-refractivity contribution < 1.29 is 29.6 Å². The largest absolute Gasteiger partial charge is 0.504 e. The van der Waals surface area contributed by atoms with Crippen LogP contribution < -0.4 is 9.47 Å². The molecule has 0 spiro atoms. The number of ether oxygens (including phenoxy) is 2. The Balaban J connectivity index is 1.95. The second-order valence-electron chi connectivity index (χ2n) is 5.33. The van der Waals surface area contributed by atoms with Gasteiger partial charge >= 0.3 is 0 Å². The van der Waals surface area contributed by atoms with Gasteiger partial charge in [-0.1, -0.05) is 18.2 Å². The average Bonchev–Trinajstić information content (AvgIpc) is 2.61. The molecule has 2 atom stereocenters. The van der Waals surface area contributed by atoms with E-state index in [0.29, 0.717) is 23.3 Å². The molecule has 1 aliphatic rings. The lowest BCUT2D eigenvalue weighted by atomic mass is 10.0. The van der Waals surface area contributed by atoms with Gasteiger partial charge in [0.2, 0.25) is 0 Å². The molecule has 0 bridgehead atoms. The van der Waals surface area contributed by atoms with Crippen LogP contribution >= 0.6 is 0 Å². The van der Waals surface area contributed by atoms with E-state index in [4.69, 9.17) is 9.47 Å². The number of benzene rings is 2. The maximum absolute atomic E-state index is 10.4. The molecule has 0 fully saturated rings. The number of hydrogen-bond donors (Lipinski definition) is 3. The summed E-state index contributed by atoms with van der Waals surface area (Å²) in [5, 5.41) is 28.7. The van der Waals surface area contributed by atoms with Gasteiger partial charge in [-0.05, 0) is 35.9 Å². The summed E-state index contributed by atoms with van der Waals surface area (Å²) in [5.41, 5.74) is 1.32.